The molecule has 13 heavy (non-hydrogen) atoms. The summed E-state index contributed by atoms with van der Waals surface area (Å²) in [7, 11) is 0. The van der Waals surface area contributed by atoms with E-state index in [1.165, 1.54) is 0 Å². The second-order valence-corrected chi connectivity index (χ2v) is 3.12. The van der Waals surface area contributed by atoms with Crippen LogP contribution in [0.1, 0.15) is 10.6 Å². The molecule has 1 heterocycles. The highest BCUT2D eigenvalue weighted by Crippen LogP contribution is 2.28. The van der Waals surface area contributed by atoms with E-state index < -0.39 is 0 Å². The summed E-state index contributed by atoms with van der Waals surface area (Å²) >= 11 is 5.77. The van der Waals surface area contributed by atoms with Crippen LogP contribution >= 0.6 is 11.6 Å². The van der Waals surface area contributed by atoms with Gasteiger partial charge in [-0.1, -0.05) is 11.6 Å². The van der Waals surface area contributed by atoms with Crippen molar-refractivity contribution in [3.8, 4) is 0 Å². The summed E-state index contributed by atoms with van der Waals surface area (Å²) in [5, 5.41) is 1.27. The van der Waals surface area contributed by atoms with Crippen molar-refractivity contribution >= 4 is 34.5 Å². The van der Waals surface area contributed by atoms with Crippen molar-refractivity contribution in [1.82, 2.24) is 0 Å². The first kappa shape index (κ1) is 8.13. The van der Waals surface area contributed by atoms with Crippen molar-refractivity contribution in [1.29, 1.82) is 0 Å². The zero-order valence-electron chi connectivity index (χ0n) is 6.58. The number of carbonyl (C=O) groups is 1. The lowest BCUT2D eigenvalue weighted by atomic mass is 10.2. The molecule has 66 valence electrons. The molecule has 3 nitrogen and oxygen atoms in total. The molecule has 0 aliphatic carbocycles. The molecule has 0 amide bonds. The summed E-state index contributed by atoms with van der Waals surface area (Å²) in [5.74, 6) is 0.254. The fourth-order valence-electron chi connectivity index (χ4n) is 1.22. The molecule has 2 rings (SSSR count). The van der Waals surface area contributed by atoms with Crippen molar-refractivity contribution in [2.24, 2.45) is 0 Å². The van der Waals surface area contributed by atoms with Crippen LogP contribution in [-0.4, -0.2) is 6.29 Å². The minimum absolute atomic E-state index is 0.254. The van der Waals surface area contributed by atoms with Gasteiger partial charge in [0.05, 0.1) is 5.69 Å². The maximum Gasteiger partial charge on any atom is 0.185 e. The van der Waals surface area contributed by atoms with E-state index in [-0.39, 0.29) is 5.76 Å². The van der Waals surface area contributed by atoms with Gasteiger partial charge >= 0.3 is 0 Å². The molecule has 0 radical (unpaired) electrons. The smallest absolute Gasteiger partial charge is 0.185 e. The maximum absolute atomic E-state index is 10.4. The minimum Gasteiger partial charge on any atom is -0.451 e. The topological polar surface area (TPSA) is 56.2 Å². The van der Waals surface area contributed by atoms with Gasteiger partial charge in [-0.05, 0) is 18.2 Å². The number of nitrogens with two attached hydrogens (primary N) is 1. The fourth-order valence-corrected chi connectivity index (χ4v) is 1.46. The van der Waals surface area contributed by atoms with Crippen LogP contribution in [0.5, 0.6) is 0 Å². The first-order chi connectivity index (χ1) is 6.20. The van der Waals surface area contributed by atoms with Gasteiger partial charge in [0, 0.05) is 10.4 Å². The molecule has 0 atom stereocenters. The number of nitrogen functional groups attached to an aromatic ring is 1. The number of furan rings is 1. The molecule has 0 unspecified atom stereocenters. The van der Waals surface area contributed by atoms with E-state index in [2.05, 4.69) is 0 Å². The second-order valence-electron chi connectivity index (χ2n) is 2.68. The fraction of sp³-hybridized carbons (Fsp3) is 0. The minimum atomic E-state index is 0.254. The van der Waals surface area contributed by atoms with Crippen LogP contribution in [0.4, 0.5) is 5.69 Å². The predicted octanol–water partition coefficient (Wildman–Crippen LogP) is 2.48. The first-order valence-corrected chi connectivity index (χ1v) is 4.02. The Kier molecular flexibility index (Phi) is 1.74. The third kappa shape index (κ3) is 1.27. The second kappa shape index (κ2) is 2.78. The molecule has 0 saturated carbocycles. The normalized spacial score (nSPS) is 10.5. The molecule has 0 aliphatic heterocycles. The Morgan fingerprint density at radius 2 is 2.15 bits per heavy atom. The van der Waals surface area contributed by atoms with Crippen LogP contribution in [0.2, 0.25) is 5.02 Å². The van der Waals surface area contributed by atoms with Crippen molar-refractivity contribution in [3.05, 3.63) is 29.0 Å². The molecule has 0 aliphatic rings. The summed E-state index contributed by atoms with van der Waals surface area (Å²) in [4.78, 5) is 10.4. The third-order valence-electron chi connectivity index (χ3n) is 1.74. The standard InChI is InChI=1S/C9H6ClNO2/c10-6-1-5-2-7(4-12)13-9(5)8(11)3-6/h1-4H,11H2. The van der Waals surface area contributed by atoms with Crippen LogP contribution < -0.4 is 5.73 Å². The molecule has 2 N–H and O–H groups in total. The van der Waals surface area contributed by atoms with Crippen LogP contribution in [-0.2, 0) is 0 Å². The van der Waals surface area contributed by atoms with E-state index in [1.54, 1.807) is 18.2 Å². The van der Waals surface area contributed by atoms with Gasteiger partial charge < -0.3 is 10.2 Å². The number of hydrogen-bond donors (Lipinski definition) is 1. The van der Waals surface area contributed by atoms with Gasteiger partial charge in [0.25, 0.3) is 0 Å². The van der Waals surface area contributed by atoms with Crippen LogP contribution in [0.3, 0.4) is 0 Å². The quantitative estimate of drug-likeness (QED) is 0.562. The molecular weight excluding hydrogens is 190 g/mol. The van der Waals surface area contributed by atoms with Crippen LogP contribution in [0.15, 0.2) is 22.6 Å². The van der Waals surface area contributed by atoms with E-state index in [9.17, 15) is 4.79 Å². The number of anilines is 1. The first-order valence-electron chi connectivity index (χ1n) is 3.64. The number of hydrogen-bond acceptors (Lipinski definition) is 3. The molecule has 1 aromatic heterocycles. The van der Waals surface area contributed by atoms with Gasteiger partial charge in [-0.2, -0.15) is 0 Å². The summed E-state index contributed by atoms with van der Waals surface area (Å²) in [6.07, 6.45) is 0.632. The molecule has 4 heteroatoms. The summed E-state index contributed by atoms with van der Waals surface area (Å²) in [5.41, 5.74) is 6.58. The molecule has 0 saturated heterocycles. The van der Waals surface area contributed by atoms with Gasteiger partial charge in [0.15, 0.2) is 17.6 Å². The largest absolute Gasteiger partial charge is 0.451 e. The summed E-state index contributed by atoms with van der Waals surface area (Å²) < 4.78 is 5.15. The van der Waals surface area contributed by atoms with E-state index in [0.29, 0.717) is 22.6 Å². The monoisotopic (exact) mass is 195 g/mol. The number of fused-ring (bicyclic) bond motifs is 1. The van der Waals surface area contributed by atoms with Gasteiger partial charge in [-0.15, -0.1) is 0 Å². The zero-order chi connectivity index (χ0) is 9.42. The van der Waals surface area contributed by atoms with E-state index in [1.807, 2.05) is 0 Å². The highest BCUT2D eigenvalue weighted by molar-refractivity contribution is 6.31. The predicted molar refractivity (Wildman–Crippen MR) is 51.0 cm³/mol. The van der Waals surface area contributed by atoms with Crippen molar-refractivity contribution in [2.45, 2.75) is 0 Å². The van der Waals surface area contributed by atoms with Gasteiger partial charge in [-0.25, -0.2) is 0 Å². The van der Waals surface area contributed by atoms with Crippen molar-refractivity contribution in [2.75, 3.05) is 5.73 Å². The van der Waals surface area contributed by atoms with Crippen LogP contribution in [0.25, 0.3) is 11.0 Å². The molecule has 1 aromatic carbocycles. The number of aldehydes is 1. The molecule has 2 aromatic rings. The Hall–Kier alpha value is -1.48. The lowest BCUT2D eigenvalue weighted by Gasteiger charge is -1.94. The lowest BCUT2D eigenvalue weighted by molar-refractivity contribution is 0.110. The van der Waals surface area contributed by atoms with E-state index in [4.69, 9.17) is 21.8 Å². The number of carbonyl (C=O) groups excluding carboxylic acids is 1. The van der Waals surface area contributed by atoms with Crippen molar-refractivity contribution < 1.29 is 9.21 Å². The van der Waals surface area contributed by atoms with E-state index >= 15 is 0 Å². The summed E-state index contributed by atoms with van der Waals surface area (Å²) in [6.45, 7) is 0. The number of benzene rings is 1. The maximum atomic E-state index is 10.4. The van der Waals surface area contributed by atoms with Gasteiger partial charge in [0.1, 0.15) is 0 Å². The van der Waals surface area contributed by atoms with E-state index in [0.717, 1.165) is 5.39 Å². The Labute approximate surface area is 79.1 Å². The molecule has 0 bridgehead atoms. The number of rotatable bonds is 1. The van der Waals surface area contributed by atoms with Crippen LogP contribution in [0, 0.1) is 0 Å². The zero-order valence-corrected chi connectivity index (χ0v) is 7.34. The average molecular weight is 196 g/mol. The highest BCUT2D eigenvalue weighted by Gasteiger charge is 2.06. The Balaban J connectivity index is 2.82. The molecule has 0 fully saturated rings. The van der Waals surface area contributed by atoms with Gasteiger partial charge in [0.2, 0.25) is 0 Å². The highest BCUT2D eigenvalue weighted by atomic mass is 35.5. The summed E-state index contributed by atoms with van der Waals surface area (Å²) in [6, 6.07) is 4.89. The Morgan fingerprint density at radius 3 is 2.85 bits per heavy atom. The SMILES string of the molecule is Nc1cc(Cl)cc2cc(C=O)oc12. The number of halogens is 1. The third-order valence-corrected chi connectivity index (χ3v) is 1.96. The lowest BCUT2D eigenvalue weighted by Crippen LogP contribution is -1.83. The Bertz CT molecular complexity index is 476. The van der Waals surface area contributed by atoms with Crippen molar-refractivity contribution in [3.63, 3.8) is 0 Å². The molecule has 0 spiro atoms. The van der Waals surface area contributed by atoms with Gasteiger partial charge in [-0.3, -0.25) is 4.79 Å². The Morgan fingerprint density at radius 1 is 1.38 bits per heavy atom. The average Bonchev–Trinajstić information content (AvgIpc) is 2.47. The molecular formula is C9H6ClNO2.